The number of fused-ring (bicyclic) bond motifs is 5. The molecule has 8 atom stereocenters. The van der Waals surface area contributed by atoms with Crippen LogP contribution in [0.2, 0.25) is 0 Å². The molecule has 0 radical (unpaired) electrons. The van der Waals surface area contributed by atoms with Crippen LogP contribution in [0.4, 0.5) is 0 Å². The van der Waals surface area contributed by atoms with Gasteiger partial charge in [0.05, 0.1) is 10.9 Å². The summed E-state index contributed by atoms with van der Waals surface area (Å²) in [6.07, 6.45) is 8.94. The molecule has 4 aliphatic rings. The summed E-state index contributed by atoms with van der Waals surface area (Å²) in [5, 5.41) is 21.5. The zero-order chi connectivity index (χ0) is 18.2. The first kappa shape index (κ1) is 18.2. The molecule has 3 saturated carbocycles. The molecular formula is C21H31BrO3. The summed E-state index contributed by atoms with van der Waals surface area (Å²) in [4.78, 5) is 12.3. The third kappa shape index (κ3) is 2.20. The van der Waals surface area contributed by atoms with Crippen molar-refractivity contribution in [2.45, 2.75) is 82.2 Å². The smallest absolute Gasteiger partial charge is 0.163 e. The minimum absolute atomic E-state index is 0.0862. The number of aliphatic hydroxyl groups is 2. The molecule has 4 heteroatoms. The van der Waals surface area contributed by atoms with Gasteiger partial charge in [0.1, 0.15) is 5.60 Å². The zero-order valence-corrected chi connectivity index (χ0v) is 17.2. The van der Waals surface area contributed by atoms with Crippen LogP contribution in [0, 0.1) is 28.6 Å². The summed E-state index contributed by atoms with van der Waals surface area (Å²) >= 11 is 3.67. The molecule has 0 saturated heterocycles. The normalized spacial score (nSPS) is 55.0. The lowest BCUT2D eigenvalue weighted by Gasteiger charge is -2.58. The molecule has 0 heterocycles. The molecule has 0 aliphatic heterocycles. The second-order valence-corrected chi connectivity index (χ2v) is 10.7. The molecule has 3 nitrogen and oxygen atoms in total. The lowest BCUT2D eigenvalue weighted by Crippen LogP contribution is -2.58. The van der Waals surface area contributed by atoms with Crippen molar-refractivity contribution in [2.75, 3.05) is 0 Å². The number of rotatable bonds is 1. The molecule has 3 fully saturated rings. The summed E-state index contributed by atoms with van der Waals surface area (Å²) in [6, 6.07) is 0. The van der Waals surface area contributed by atoms with Crippen molar-refractivity contribution in [1.82, 2.24) is 0 Å². The van der Waals surface area contributed by atoms with Crippen LogP contribution in [0.1, 0.15) is 65.7 Å². The van der Waals surface area contributed by atoms with Gasteiger partial charge in [-0.15, -0.1) is 0 Å². The van der Waals surface area contributed by atoms with E-state index >= 15 is 0 Å². The van der Waals surface area contributed by atoms with Crippen LogP contribution in [0.3, 0.4) is 0 Å². The van der Waals surface area contributed by atoms with Crippen LogP contribution in [-0.2, 0) is 4.79 Å². The largest absolute Gasteiger partial charge is 0.393 e. The Labute approximate surface area is 159 Å². The van der Waals surface area contributed by atoms with Gasteiger partial charge in [-0.05, 0) is 75.0 Å². The number of carbonyl (C=O) groups is 1. The Hall–Kier alpha value is -0.190. The number of aliphatic hydroxyl groups excluding tert-OH is 1. The molecule has 2 N–H and O–H groups in total. The second-order valence-electron chi connectivity index (χ2n) is 9.64. The predicted octanol–water partition coefficient (Wildman–Crippen LogP) is 4.00. The van der Waals surface area contributed by atoms with Crippen LogP contribution in [-0.4, -0.2) is 32.5 Å². The van der Waals surface area contributed by atoms with E-state index in [1.54, 1.807) is 6.92 Å². The van der Waals surface area contributed by atoms with Crippen LogP contribution in [0.5, 0.6) is 0 Å². The van der Waals surface area contributed by atoms with Gasteiger partial charge in [-0.3, -0.25) is 4.79 Å². The van der Waals surface area contributed by atoms with Crippen molar-refractivity contribution >= 4 is 21.7 Å². The number of halogens is 1. The van der Waals surface area contributed by atoms with E-state index in [9.17, 15) is 15.0 Å². The van der Waals surface area contributed by atoms with E-state index < -0.39 is 5.60 Å². The molecule has 4 aliphatic carbocycles. The van der Waals surface area contributed by atoms with Crippen molar-refractivity contribution < 1.29 is 15.0 Å². The van der Waals surface area contributed by atoms with Gasteiger partial charge in [0.2, 0.25) is 0 Å². The zero-order valence-electron chi connectivity index (χ0n) is 15.6. The predicted molar refractivity (Wildman–Crippen MR) is 101 cm³/mol. The fraction of sp³-hybridized carbons (Fsp3) is 0.857. The maximum absolute atomic E-state index is 12.4. The highest BCUT2D eigenvalue weighted by atomic mass is 79.9. The first-order chi connectivity index (χ1) is 11.6. The van der Waals surface area contributed by atoms with E-state index in [2.05, 4.69) is 35.9 Å². The molecule has 25 heavy (non-hydrogen) atoms. The van der Waals surface area contributed by atoms with Gasteiger partial charge in [-0.25, -0.2) is 0 Å². The highest BCUT2D eigenvalue weighted by molar-refractivity contribution is 9.09. The Bertz CT molecular complexity index is 631. The van der Waals surface area contributed by atoms with Crippen LogP contribution >= 0.6 is 15.9 Å². The average Bonchev–Trinajstić information content (AvgIpc) is 2.77. The summed E-state index contributed by atoms with van der Waals surface area (Å²) < 4.78 is 0. The molecule has 4 rings (SSSR count). The molecule has 0 bridgehead atoms. The quantitative estimate of drug-likeness (QED) is 0.507. The number of ketones is 1. The Kier molecular flexibility index (Phi) is 4.11. The highest BCUT2D eigenvalue weighted by Gasteiger charge is 2.68. The third-order valence-electron chi connectivity index (χ3n) is 8.79. The highest BCUT2D eigenvalue weighted by Crippen LogP contribution is 2.68. The van der Waals surface area contributed by atoms with Gasteiger partial charge in [0.25, 0.3) is 0 Å². The minimum atomic E-state index is -1.24. The third-order valence-corrected chi connectivity index (χ3v) is 9.83. The van der Waals surface area contributed by atoms with Crippen molar-refractivity contribution in [2.24, 2.45) is 28.6 Å². The lowest BCUT2D eigenvalue weighted by atomic mass is 9.47. The summed E-state index contributed by atoms with van der Waals surface area (Å²) in [5.74, 6) is 1.45. The lowest BCUT2D eigenvalue weighted by molar-refractivity contribution is -0.158. The van der Waals surface area contributed by atoms with E-state index in [-0.39, 0.29) is 27.5 Å². The maximum Gasteiger partial charge on any atom is 0.163 e. The van der Waals surface area contributed by atoms with Gasteiger partial charge >= 0.3 is 0 Å². The molecule has 0 amide bonds. The standard InChI is InChI=1S/C21H31BrO3/c1-12(23)21(25)18(22)11-17-15-5-4-13-10-14(24)6-8-19(13,2)16(15)7-9-20(17,21)3/h4,14-18,24-25H,5-11H2,1-3H3/t14-,15-,16+,17-,18+,19-,20+,21+/m0/s1. The number of Topliss-reactive ketones (excluding diaryl/α,β-unsaturated/α-hetero) is 1. The molecule has 140 valence electrons. The molecular weight excluding hydrogens is 380 g/mol. The van der Waals surface area contributed by atoms with Crippen LogP contribution in [0.15, 0.2) is 11.6 Å². The van der Waals surface area contributed by atoms with E-state index in [1.807, 2.05) is 0 Å². The summed E-state index contributed by atoms with van der Waals surface area (Å²) in [7, 11) is 0. The topological polar surface area (TPSA) is 57.5 Å². The first-order valence-electron chi connectivity index (χ1n) is 9.89. The fourth-order valence-electron chi connectivity index (χ4n) is 7.24. The Balaban J connectivity index is 1.72. The van der Waals surface area contributed by atoms with Gasteiger partial charge in [0.15, 0.2) is 5.78 Å². The summed E-state index contributed by atoms with van der Waals surface area (Å²) in [6.45, 7) is 6.11. The Morgan fingerprint density at radius 3 is 2.64 bits per heavy atom. The first-order valence-corrected chi connectivity index (χ1v) is 10.8. The Morgan fingerprint density at radius 2 is 1.96 bits per heavy atom. The minimum Gasteiger partial charge on any atom is -0.393 e. The number of hydrogen-bond donors (Lipinski definition) is 2. The van der Waals surface area contributed by atoms with Gasteiger partial charge in [0, 0.05) is 5.41 Å². The number of carbonyl (C=O) groups excluding carboxylic acids is 1. The van der Waals surface area contributed by atoms with Gasteiger partial charge < -0.3 is 10.2 Å². The van der Waals surface area contributed by atoms with E-state index in [0.717, 1.165) is 44.9 Å². The van der Waals surface area contributed by atoms with Crippen molar-refractivity contribution in [1.29, 1.82) is 0 Å². The summed E-state index contributed by atoms with van der Waals surface area (Å²) in [5.41, 5.74) is 0.0917. The molecule has 0 aromatic heterocycles. The van der Waals surface area contributed by atoms with Gasteiger partial charge in [-0.2, -0.15) is 0 Å². The number of hydrogen-bond acceptors (Lipinski definition) is 3. The molecule has 0 aromatic carbocycles. The average molecular weight is 411 g/mol. The SMILES string of the molecule is CC(=O)[C@@]1(O)[C@H](Br)C[C@H]2[C@H]3CC=C4C[C@@H](O)CC[C@]4(C)[C@@H]3CC[C@]21C. The van der Waals surface area contributed by atoms with Crippen molar-refractivity contribution in [3.05, 3.63) is 11.6 Å². The Morgan fingerprint density at radius 1 is 1.24 bits per heavy atom. The van der Waals surface area contributed by atoms with E-state index in [4.69, 9.17) is 0 Å². The molecule has 0 aromatic rings. The van der Waals surface area contributed by atoms with Crippen LogP contribution < -0.4 is 0 Å². The van der Waals surface area contributed by atoms with Crippen molar-refractivity contribution in [3.63, 3.8) is 0 Å². The van der Waals surface area contributed by atoms with Crippen molar-refractivity contribution in [3.8, 4) is 0 Å². The number of allylic oxidation sites excluding steroid dienone is 1. The molecule has 0 spiro atoms. The second kappa shape index (κ2) is 5.65. The van der Waals surface area contributed by atoms with E-state index in [1.165, 1.54) is 5.57 Å². The van der Waals surface area contributed by atoms with Gasteiger partial charge in [-0.1, -0.05) is 41.4 Å². The maximum atomic E-state index is 12.4. The fourth-order valence-corrected chi connectivity index (χ4v) is 8.49. The number of alkyl halides is 1. The monoisotopic (exact) mass is 410 g/mol. The van der Waals surface area contributed by atoms with E-state index in [0.29, 0.717) is 17.8 Å². The van der Waals surface area contributed by atoms with Crippen LogP contribution in [0.25, 0.3) is 0 Å². The molecule has 0 unspecified atom stereocenters.